The second-order valence-corrected chi connectivity index (χ2v) is 6.89. The van der Waals surface area contributed by atoms with Gasteiger partial charge in [0.05, 0.1) is 6.61 Å². The number of ether oxygens (including phenoxy) is 1. The maximum Gasteiger partial charge on any atom is 0.421 e. The molecule has 0 aromatic heterocycles. The summed E-state index contributed by atoms with van der Waals surface area (Å²) in [4.78, 5) is 11.3. The molecule has 0 bridgehead atoms. The van der Waals surface area contributed by atoms with Gasteiger partial charge in [0.15, 0.2) is 0 Å². The number of hydrogen-bond acceptors (Lipinski definition) is 5. The third-order valence-corrected chi connectivity index (χ3v) is 5.11. The van der Waals surface area contributed by atoms with Crippen LogP contribution in [0.2, 0.25) is 0 Å². The van der Waals surface area contributed by atoms with Crippen molar-refractivity contribution in [3.05, 3.63) is 0 Å². The molecule has 1 unspecified atom stereocenters. The van der Waals surface area contributed by atoms with Crippen molar-refractivity contribution in [2.75, 3.05) is 19.7 Å². The molecule has 2 N–H and O–H groups in total. The van der Waals surface area contributed by atoms with E-state index < -0.39 is 16.3 Å². The minimum atomic E-state index is -3.81. The van der Waals surface area contributed by atoms with Gasteiger partial charge in [-0.1, -0.05) is 6.42 Å². The SMILES string of the molecule is CCOC(=O)NS(=O)(=O)N1CCCCC1CNC1CC1. The molecule has 7 nitrogen and oxygen atoms in total. The largest absolute Gasteiger partial charge is 0.449 e. The normalized spacial score (nSPS) is 24.4. The summed E-state index contributed by atoms with van der Waals surface area (Å²) in [5, 5.41) is 3.36. The van der Waals surface area contributed by atoms with Crippen LogP contribution in [0.5, 0.6) is 0 Å². The highest BCUT2D eigenvalue weighted by Gasteiger charge is 2.34. The molecule has 2 rings (SSSR count). The Labute approximate surface area is 120 Å². The van der Waals surface area contributed by atoms with Gasteiger partial charge in [0, 0.05) is 25.2 Å². The molecule has 0 radical (unpaired) electrons. The molecule has 1 amide bonds. The van der Waals surface area contributed by atoms with E-state index in [4.69, 9.17) is 0 Å². The molecule has 0 spiro atoms. The molecular weight excluding hydrogens is 282 g/mol. The Bertz CT molecular complexity index is 436. The molecule has 2 fully saturated rings. The van der Waals surface area contributed by atoms with E-state index in [0.717, 1.165) is 19.3 Å². The molecule has 1 saturated carbocycles. The Hall–Kier alpha value is -0.860. The number of hydrogen-bond donors (Lipinski definition) is 2. The highest BCUT2D eigenvalue weighted by Crippen LogP contribution is 2.22. The maximum atomic E-state index is 12.2. The monoisotopic (exact) mass is 305 g/mol. The molecule has 1 aliphatic carbocycles. The third-order valence-electron chi connectivity index (χ3n) is 3.59. The smallest absolute Gasteiger partial charge is 0.421 e. The quantitative estimate of drug-likeness (QED) is 0.749. The highest BCUT2D eigenvalue weighted by atomic mass is 32.2. The lowest BCUT2D eigenvalue weighted by atomic mass is 10.1. The van der Waals surface area contributed by atoms with Gasteiger partial charge in [-0.2, -0.15) is 12.7 Å². The molecule has 0 aromatic carbocycles. The summed E-state index contributed by atoms with van der Waals surface area (Å²) in [6.07, 6.45) is 4.09. The van der Waals surface area contributed by atoms with Crippen LogP contribution >= 0.6 is 0 Å². The van der Waals surface area contributed by atoms with Crippen molar-refractivity contribution in [1.82, 2.24) is 14.3 Å². The Morgan fingerprint density at radius 1 is 1.30 bits per heavy atom. The van der Waals surface area contributed by atoms with Crippen molar-refractivity contribution in [3.63, 3.8) is 0 Å². The summed E-state index contributed by atoms with van der Waals surface area (Å²) in [7, 11) is -3.81. The van der Waals surface area contributed by atoms with Gasteiger partial charge in [0.2, 0.25) is 0 Å². The van der Waals surface area contributed by atoms with E-state index in [9.17, 15) is 13.2 Å². The Kier molecular flexibility index (Phi) is 5.22. The number of rotatable bonds is 6. The second kappa shape index (κ2) is 6.73. The topological polar surface area (TPSA) is 87.7 Å². The number of amides is 1. The number of carbonyl (C=O) groups excluding carboxylic acids is 1. The molecule has 20 heavy (non-hydrogen) atoms. The van der Waals surface area contributed by atoms with Crippen LogP contribution in [-0.2, 0) is 14.9 Å². The summed E-state index contributed by atoms with van der Waals surface area (Å²) in [6.45, 7) is 2.88. The fourth-order valence-corrected chi connectivity index (χ4v) is 3.74. The van der Waals surface area contributed by atoms with E-state index in [2.05, 4.69) is 10.1 Å². The molecule has 8 heteroatoms. The molecule has 0 aromatic rings. The van der Waals surface area contributed by atoms with Gasteiger partial charge in [-0.3, -0.25) is 0 Å². The first-order chi connectivity index (χ1) is 9.53. The molecular formula is C12H23N3O4S. The standard InChI is InChI=1S/C12H23N3O4S/c1-2-19-12(16)14-20(17,18)15-8-4-3-5-11(15)9-13-10-6-7-10/h10-11,13H,2-9H2,1H3,(H,14,16). The summed E-state index contributed by atoms with van der Waals surface area (Å²) in [5.74, 6) is 0. The first-order valence-electron chi connectivity index (χ1n) is 7.22. The van der Waals surface area contributed by atoms with Crippen LogP contribution in [0.15, 0.2) is 0 Å². The number of piperidine rings is 1. The van der Waals surface area contributed by atoms with Crippen molar-refractivity contribution in [2.45, 2.75) is 51.1 Å². The Balaban J connectivity index is 1.95. The summed E-state index contributed by atoms with van der Waals surface area (Å²) < 4.78 is 32.5. The van der Waals surface area contributed by atoms with E-state index in [1.807, 2.05) is 4.72 Å². The number of nitrogens with one attached hydrogen (secondary N) is 2. The highest BCUT2D eigenvalue weighted by molar-refractivity contribution is 7.87. The van der Waals surface area contributed by atoms with Gasteiger partial charge in [0.1, 0.15) is 0 Å². The molecule has 1 saturated heterocycles. The van der Waals surface area contributed by atoms with E-state index in [1.165, 1.54) is 17.1 Å². The van der Waals surface area contributed by atoms with Crippen LogP contribution in [0.3, 0.4) is 0 Å². The van der Waals surface area contributed by atoms with Gasteiger partial charge in [-0.25, -0.2) is 9.52 Å². The van der Waals surface area contributed by atoms with Crippen LogP contribution in [0.4, 0.5) is 4.79 Å². The van der Waals surface area contributed by atoms with Crippen LogP contribution in [0.1, 0.15) is 39.0 Å². The average molecular weight is 305 g/mol. The summed E-state index contributed by atoms with van der Waals surface area (Å²) >= 11 is 0. The van der Waals surface area contributed by atoms with Gasteiger partial charge in [-0.15, -0.1) is 0 Å². The molecule has 2 aliphatic rings. The lowest BCUT2D eigenvalue weighted by molar-refractivity contribution is 0.157. The molecule has 1 atom stereocenters. The molecule has 1 heterocycles. The predicted octanol–water partition coefficient (Wildman–Crippen LogP) is 0.584. The van der Waals surface area contributed by atoms with E-state index in [-0.39, 0.29) is 12.6 Å². The van der Waals surface area contributed by atoms with Crippen molar-refractivity contribution in [2.24, 2.45) is 0 Å². The van der Waals surface area contributed by atoms with Gasteiger partial charge in [-0.05, 0) is 32.6 Å². The number of nitrogens with zero attached hydrogens (tertiary/aromatic N) is 1. The minimum Gasteiger partial charge on any atom is -0.449 e. The third kappa shape index (κ3) is 4.32. The second-order valence-electron chi connectivity index (χ2n) is 5.27. The van der Waals surface area contributed by atoms with Crippen molar-refractivity contribution < 1.29 is 17.9 Å². The van der Waals surface area contributed by atoms with Crippen LogP contribution in [-0.4, -0.2) is 50.6 Å². The Morgan fingerprint density at radius 2 is 2.05 bits per heavy atom. The van der Waals surface area contributed by atoms with E-state index in [1.54, 1.807) is 6.92 Å². The zero-order valence-corrected chi connectivity index (χ0v) is 12.6. The van der Waals surface area contributed by atoms with Crippen molar-refractivity contribution in [3.8, 4) is 0 Å². The summed E-state index contributed by atoms with van der Waals surface area (Å²) in [5.41, 5.74) is 0. The van der Waals surface area contributed by atoms with Crippen molar-refractivity contribution in [1.29, 1.82) is 0 Å². The maximum absolute atomic E-state index is 12.2. The first kappa shape index (κ1) is 15.5. The minimum absolute atomic E-state index is 0.0868. The zero-order valence-electron chi connectivity index (χ0n) is 11.8. The molecule has 1 aliphatic heterocycles. The van der Waals surface area contributed by atoms with E-state index in [0.29, 0.717) is 19.1 Å². The van der Waals surface area contributed by atoms with Crippen LogP contribution in [0, 0.1) is 0 Å². The Morgan fingerprint density at radius 3 is 2.70 bits per heavy atom. The lowest BCUT2D eigenvalue weighted by Crippen LogP contribution is -2.53. The van der Waals surface area contributed by atoms with E-state index >= 15 is 0 Å². The average Bonchev–Trinajstić information content (AvgIpc) is 3.20. The van der Waals surface area contributed by atoms with Gasteiger partial charge < -0.3 is 10.1 Å². The van der Waals surface area contributed by atoms with Crippen LogP contribution in [0.25, 0.3) is 0 Å². The summed E-state index contributed by atoms with van der Waals surface area (Å²) in [6, 6.07) is 0.454. The van der Waals surface area contributed by atoms with Gasteiger partial charge in [0.25, 0.3) is 0 Å². The fraction of sp³-hybridized carbons (Fsp3) is 0.917. The van der Waals surface area contributed by atoms with Gasteiger partial charge >= 0.3 is 16.3 Å². The molecule has 116 valence electrons. The predicted molar refractivity (Wildman–Crippen MR) is 74.4 cm³/mol. The van der Waals surface area contributed by atoms with Crippen LogP contribution < -0.4 is 10.0 Å². The van der Waals surface area contributed by atoms with Crippen molar-refractivity contribution >= 4 is 16.3 Å². The number of carbonyl (C=O) groups is 1. The zero-order chi connectivity index (χ0) is 14.6. The fourth-order valence-electron chi connectivity index (χ4n) is 2.41. The first-order valence-corrected chi connectivity index (χ1v) is 8.66. The lowest BCUT2D eigenvalue weighted by Gasteiger charge is -2.34.